The second kappa shape index (κ2) is 2.98. The van der Waals surface area contributed by atoms with Crippen LogP contribution in [0.1, 0.15) is 17.0 Å². The Kier molecular flexibility index (Phi) is 1.86. The molecule has 0 bridgehead atoms. The van der Waals surface area contributed by atoms with Gasteiger partial charge in [0.25, 0.3) is 0 Å². The Bertz CT molecular complexity index is 365. The van der Waals surface area contributed by atoms with Gasteiger partial charge < -0.3 is 5.32 Å². The maximum Gasteiger partial charge on any atom is 0.0438 e. The van der Waals surface area contributed by atoms with Crippen LogP contribution in [0.5, 0.6) is 0 Å². The van der Waals surface area contributed by atoms with Gasteiger partial charge in [-0.2, -0.15) is 0 Å². The Balaban J connectivity index is 1.88. The molecule has 14 heavy (non-hydrogen) atoms. The average molecular weight is 208 g/mol. The van der Waals surface area contributed by atoms with Crippen molar-refractivity contribution >= 4 is 11.6 Å². The van der Waals surface area contributed by atoms with E-state index in [9.17, 15) is 0 Å². The van der Waals surface area contributed by atoms with Crippen molar-refractivity contribution in [2.24, 2.45) is 11.8 Å². The average Bonchev–Trinajstić information content (AvgIpc) is 2.66. The number of halogens is 1. The third kappa shape index (κ3) is 1.19. The smallest absolute Gasteiger partial charge is 0.0438 e. The van der Waals surface area contributed by atoms with Crippen molar-refractivity contribution in [3.8, 4) is 0 Å². The molecular weight excluding hydrogens is 194 g/mol. The van der Waals surface area contributed by atoms with E-state index in [1.165, 1.54) is 24.2 Å². The number of piperidine rings is 1. The summed E-state index contributed by atoms with van der Waals surface area (Å²) < 4.78 is 0. The third-order valence-corrected chi connectivity index (χ3v) is 4.08. The first-order valence-corrected chi connectivity index (χ1v) is 5.62. The van der Waals surface area contributed by atoms with E-state index in [0.29, 0.717) is 0 Å². The number of hydrogen-bond acceptors (Lipinski definition) is 1. The van der Waals surface area contributed by atoms with Gasteiger partial charge in [0.2, 0.25) is 0 Å². The molecule has 3 rings (SSSR count). The summed E-state index contributed by atoms with van der Waals surface area (Å²) in [5, 5.41) is 4.33. The first-order valence-electron chi connectivity index (χ1n) is 5.24. The van der Waals surface area contributed by atoms with Crippen LogP contribution in [0.15, 0.2) is 18.2 Å². The quantitative estimate of drug-likeness (QED) is 0.747. The molecule has 1 aliphatic heterocycles. The largest absolute Gasteiger partial charge is 0.316 e. The molecule has 3 atom stereocenters. The minimum atomic E-state index is 0.786. The van der Waals surface area contributed by atoms with Gasteiger partial charge in [0.15, 0.2) is 0 Å². The molecule has 0 spiro atoms. The van der Waals surface area contributed by atoms with Gasteiger partial charge in [0.1, 0.15) is 0 Å². The van der Waals surface area contributed by atoms with Gasteiger partial charge in [-0.15, -0.1) is 0 Å². The number of aryl methyl sites for hydroxylation is 1. The van der Waals surface area contributed by atoms with Gasteiger partial charge in [0, 0.05) is 5.02 Å². The predicted molar refractivity (Wildman–Crippen MR) is 58.8 cm³/mol. The van der Waals surface area contributed by atoms with Crippen molar-refractivity contribution in [1.29, 1.82) is 0 Å². The van der Waals surface area contributed by atoms with E-state index >= 15 is 0 Å². The van der Waals surface area contributed by atoms with E-state index in [1.54, 1.807) is 0 Å². The Morgan fingerprint density at radius 2 is 2.00 bits per heavy atom. The predicted octanol–water partition coefficient (Wildman–Crippen LogP) is 2.58. The van der Waals surface area contributed by atoms with Crippen molar-refractivity contribution < 1.29 is 0 Å². The van der Waals surface area contributed by atoms with Crippen LogP contribution in [0.3, 0.4) is 0 Å². The number of benzene rings is 1. The van der Waals surface area contributed by atoms with Crippen LogP contribution >= 0.6 is 11.6 Å². The summed E-state index contributed by atoms with van der Waals surface area (Å²) in [7, 11) is 0. The molecule has 1 aromatic carbocycles. The summed E-state index contributed by atoms with van der Waals surface area (Å²) >= 11 is 6.13. The summed E-state index contributed by atoms with van der Waals surface area (Å²) in [6.07, 6.45) is 0. The SMILES string of the molecule is Cc1ccc(C2[C@H]3CNC[C@@H]23)cc1Cl. The van der Waals surface area contributed by atoms with Crippen molar-refractivity contribution in [2.45, 2.75) is 12.8 Å². The third-order valence-electron chi connectivity index (χ3n) is 3.67. The Morgan fingerprint density at radius 3 is 2.64 bits per heavy atom. The van der Waals surface area contributed by atoms with Crippen LogP contribution in [-0.4, -0.2) is 13.1 Å². The van der Waals surface area contributed by atoms with E-state index in [1.807, 2.05) is 0 Å². The molecule has 2 fully saturated rings. The topological polar surface area (TPSA) is 12.0 Å². The second-order valence-corrected chi connectivity index (χ2v) is 4.93. The molecule has 0 amide bonds. The zero-order chi connectivity index (χ0) is 9.71. The lowest BCUT2D eigenvalue weighted by atomic mass is 10.1. The lowest BCUT2D eigenvalue weighted by molar-refractivity contribution is 0.684. The van der Waals surface area contributed by atoms with Gasteiger partial charge >= 0.3 is 0 Å². The first kappa shape index (κ1) is 8.75. The van der Waals surface area contributed by atoms with Crippen molar-refractivity contribution in [3.63, 3.8) is 0 Å². The molecule has 1 N–H and O–H groups in total. The Morgan fingerprint density at radius 1 is 1.29 bits per heavy atom. The first-order chi connectivity index (χ1) is 6.77. The number of hydrogen-bond donors (Lipinski definition) is 1. The fraction of sp³-hybridized carbons (Fsp3) is 0.500. The molecule has 74 valence electrons. The fourth-order valence-corrected chi connectivity index (χ4v) is 2.92. The summed E-state index contributed by atoms with van der Waals surface area (Å²) in [4.78, 5) is 0. The van der Waals surface area contributed by atoms with E-state index in [2.05, 4.69) is 30.4 Å². The zero-order valence-electron chi connectivity index (χ0n) is 8.26. The van der Waals surface area contributed by atoms with Crippen LogP contribution in [-0.2, 0) is 0 Å². The highest BCUT2D eigenvalue weighted by Gasteiger charge is 2.53. The summed E-state index contributed by atoms with van der Waals surface area (Å²) in [6, 6.07) is 6.53. The molecular formula is C12H14ClN. The molecule has 1 aliphatic carbocycles. The number of rotatable bonds is 1. The zero-order valence-corrected chi connectivity index (χ0v) is 9.01. The second-order valence-electron chi connectivity index (χ2n) is 4.52. The molecule has 1 unspecified atom stereocenters. The van der Waals surface area contributed by atoms with Crippen LogP contribution in [0.2, 0.25) is 5.02 Å². The Hall–Kier alpha value is -0.530. The van der Waals surface area contributed by atoms with Gasteiger partial charge in [-0.05, 0) is 55.0 Å². The van der Waals surface area contributed by atoms with Crippen molar-refractivity contribution in [2.75, 3.05) is 13.1 Å². The summed E-state index contributed by atoms with van der Waals surface area (Å²) in [6.45, 7) is 4.45. The maximum atomic E-state index is 6.13. The Labute approximate surface area is 89.5 Å². The van der Waals surface area contributed by atoms with Crippen molar-refractivity contribution in [1.82, 2.24) is 5.32 Å². The van der Waals surface area contributed by atoms with E-state index < -0.39 is 0 Å². The maximum absolute atomic E-state index is 6.13. The highest BCUT2D eigenvalue weighted by molar-refractivity contribution is 6.31. The molecule has 0 radical (unpaired) electrons. The molecule has 1 aromatic rings. The van der Waals surface area contributed by atoms with Gasteiger partial charge in [-0.3, -0.25) is 0 Å². The molecule has 1 nitrogen and oxygen atoms in total. The summed E-state index contributed by atoms with van der Waals surface area (Å²) in [5.41, 5.74) is 2.62. The fourth-order valence-electron chi connectivity index (χ4n) is 2.73. The number of nitrogens with one attached hydrogen (secondary N) is 1. The monoisotopic (exact) mass is 207 g/mol. The standard InChI is InChI=1S/C12H14ClN/c1-7-2-3-8(4-11(7)13)12-9-5-14-6-10(9)12/h2-4,9-10,12,14H,5-6H2,1H3/t9-,10+,12?. The van der Waals surface area contributed by atoms with Gasteiger partial charge in [-0.1, -0.05) is 23.7 Å². The number of fused-ring (bicyclic) bond motifs is 1. The normalized spacial score (nSPS) is 34.3. The highest BCUT2D eigenvalue weighted by Crippen LogP contribution is 2.56. The van der Waals surface area contributed by atoms with Crippen LogP contribution in [0, 0.1) is 18.8 Å². The summed E-state index contributed by atoms with van der Waals surface area (Å²) in [5.74, 6) is 2.55. The molecule has 2 heteroatoms. The van der Waals surface area contributed by atoms with Crippen LogP contribution in [0.25, 0.3) is 0 Å². The molecule has 2 aliphatic rings. The van der Waals surface area contributed by atoms with E-state index in [0.717, 1.165) is 22.8 Å². The van der Waals surface area contributed by atoms with E-state index in [-0.39, 0.29) is 0 Å². The van der Waals surface area contributed by atoms with E-state index in [4.69, 9.17) is 11.6 Å². The molecule has 1 heterocycles. The van der Waals surface area contributed by atoms with Gasteiger partial charge in [-0.25, -0.2) is 0 Å². The van der Waals surface area contributed by atoms with Crippen LogP contribution in [0.4, 0.5) is 0 Å². The molecule has 1 saturated heterocycles. The lowest BCUT2D eigenvalue weighted by Gasteiger charge is -2.06. The van der Waals surface area contributed by atoms with Gasteiger partial charge in [0.05, 0.1) is 0 Å². The highest BCUT2D eigenvalue weighted by atomic mass is 35.5. The van der Waals surface area contributed by atoms with Crippen LogP contribution < -0.4 is 5.32 Å². The van der Waals surface area contributed by atoms with Crippen molar-refractivity contribution in [3.05, 3.63) is 34.3 Å². The molecule has 1 saturated carbocycles. The molecule has 0 aromatic heterocycles. The minimum Gasteiger partial charge on any atom is -0.316 e. The minimum absolute atomic E-state index is 0.786. The lowest BCUT2D eigenvalue weighted by Crippen LogP contribution is -2.13.